The number of rotatable bonds is 11. The molecule has 50 heavy (non-hydrogen) atoms. The van der Waals surface area contributed by atoms with E-state index in [1.54, 1.807) is 52.7 Å². The summed E-state index contributed by atoms with van der Waals surface area (Å²) in [5.74, 6) is -2.67. The Morgan fingerprint density at radius 3 is 2.14 bits per heavy atom. The Bertz CT molecular complexity index is 1510. The first-order chi connectivity index (χ1) is 23.9. The maximum atomic E-state index is 14.0. The standard InChI is InChI=1S/C37H51NO12/c1-9-38-17-34(18-43-4)24(48-19(2)39)14-25(45-6)37-23-15-35(42)26(46-7)16-36(50-20(3)40,28(31(37)38)29(47-8)30(34)37)27(23)32(35)49-33(41)21-10-12-22(44-5)13-11-21/h10-13,23-32,42H,9,14-18H2,1-8H3/t23-,24?,25+,26+,27-,28+,29+,30-,31-,32-,34+,35-,36-,37+/m1/s1. The van der Waals surface area contributed by atoms with Crippen LogP contribution in [0.4, 0.5) is 0 Å². The van der Waals surface area contributed by atoms with E-state index < -0.39 is 82.3 Å². The van der Waals surface area contributed by atoms with Gasteiger partial charge in [-0.05, 0) is 43.1 Å². The van der Waals surface area contributed by atoms with Crippen LogP contribution in [0.5, 0.6) is 5.75 Å². The lowest BCUT2D eigenvalue weighted by molar-refractivity contribution is -0.301. The van der Waals surface area contributed by atoms with Gasteiger partial charge in [-0.25, -0.2) is 4.79 Å². The highest BCUT2D eigenvalue weighted by Crippen LogP contribution is 2.81. The summed E-state index contributed by atoms with van der Waals surface area (Å²) in [4.78, 5) is 42.5. The first-order valence-corrected chi connectivity index (χ1v) is 17.6. The predicted molar refractivity (Wildman–Crippen MR) is 175 cm³/mol. The number of aliphatic hydroxyl groups is 1. The minimum atomic E-state index is -1.61. The second-order valence-electron chi connectivity index (χ2n) is 15.3. The maximum absolute atomic E-state index is 14.0. The molecule has 7 rings (SSSR count). The first-order valence-electron chi connectivity index (χ1n) is 17.6. The van der Waals surface area contributed by atoms with Crippen molar-refractivity contribution < 1.29 is 57.4 Å². The number of piperidine rings is 1. The molecule has 1 saturated heterocycles. The molecule has 1 heterocycles. The van der Waals surface area contributed by atoms with Crippen molar-refractivity contribution in [3.63, 3.8) is 0 Å². The van der Waals surface area contributed by atoms with Gasteiger partial charge in [-0.3, -0.25) is 14.5 Å². The summed E-state index contributed by atoms with van der Waals surface area (Å²) < 4.78 is 49.8. The van der Waals surface area contributed by atoms with Crippen molar-refractivity contribution in [3.8, 4) is 5.75 Å². The molecule has 6 fully saturated rings. The fourth-order valence-electron chi connectivity index (χ4n) is 12.7. The summed E-state index contributed by atoms with van der Waals surface area (Å²) in [6.07, 6.45) is -2.66. The fourth-order valence-corrected chi connectivity index (χ4v) is 12.7. The van der Waals surface area contributed by atoms with E-state index in [4.69, 9.17) is 37.9 Å². The van der Waals surface area contributed by atoms with E-state index in [0.29, 0.717) is 30.8 Å². The molecular weight excluding hydrogens is 650 g/mol. The number of hydrogen-bond donors (Lipinski definition) is 1. The molecule has 0 radical (unpaired) electrons. The molecule has 0 aromatic heterocycles. The highest BCUT2D eigenvalue weighted by Gasteiger charge is 2.91. The Hall–Kier alpha value is -2.81. The molecule has 13 heteroatoms. The normalized spacial score (nSPS) is 45.1. The molecule has 1 spiro atoms. The van der Waals surface area contributed by atoms with Crippen LogP contribution in [0.1, 0.15) is 50.4 Å². The topological polar surface area (TPSA) is 149 Å². The molecule has 0 amide bonds. The van der Waals surface area contributed by atoms with Gasteiger partial charge in [0.15, 0.2) is 0 Å². The lowest BCUT2D eigenvalue weighted by Gasteiger charge is -2.70. The summed E-state index contributed by atoms with van der Waals surface area (Å²) in [5, 5.41) is 12.9. The molecule has 1 aromatic carbocycles. The van der Waals surface area contributed by atoms with E-state index in [-0.39, 0.29) is 37.3 Å². The van der Waals surface area contributed by atoms with Crippen LogP contribution in [-0.2, 0) is 42.7 Å². The third kappa shape index (κ3) is 4.43. The van der Waals surface area contributed by atoms with Gasteiger partial charge in [0.25, 0.3) is 0 Å². The maximum Gasteiger partial charge on any atom is 0.338 e. The number of benzene rings is 1. The molecule has 13 nitrogen and oxygen atoms in total. The predicted octanol–water partition coefficient (Wildman–Crippen LogP) is 2.26. The van der Waals surface area contributed by atoms with Crippen LogP contribution in [0.2, 0.25) is 0 Å². The van der Waals surface area contributed by atoms with Gasteiger partial charge in [-0.15, -0.1) is 0 Å². The number of hydrogen-bond acceptors (Lipinski definition) is 13. The molecule has 1 aromatic rings. The van der Waals surface area contributed by atoms with Gasteiger partial charge in [0.2, 0.25) is 0 Å². The average molecular weight is 702 g/mol. The zero-order valence-corrected chi connectivity index (χ0v) is 30.2. The minimum absolute atomic E-state index is 0.182. The van der Waals surface area contributed by atoms with E-state index in [2.05, 4.69) is 11.8 Å². The molecule has 5 aliphatic carbocycles. The zero-order valence-electron chi connectivity index (χ0n) is 30.2. The lowest BCUT2D eigenvalue weighted by atomic mass is 9.42. The number of likely N-dealkylation sites (tertiary alicyclic amines) is 1. The van der Waals surface area contributed by atoms with Crippen molar-refractivity contribution in [2.24, 2.45) is 34.5 Å². The lowest BCUT2D eigenvalue weighted by Crippen LogP contribution is -2.79. The van der Waals surface area contributed by atoms with Crippen molar-refractivity contribution >= 4 is 17.9 Å². The van der Waals surface area contributed by atoms with Crippen LogP contribution < -0.4 is 4.74 Å². The number of fused-ring (bicyclic) bond motifs is 2. The van der Waals surface area contributed by atoms with Crippen molar-refractivity contribution in [2.45, 2.75) is 87.8 Å². The van der Waals surface area contributed by atoms with E-state index in [0.717, 1.165) is 0 Å². The Kier molecular flexibility index (Phi) is 8.83. The van der Waals surface area contributed by atoms with Crippen molar-refractivity contribution in [3.05, 3.63) is 29.8 Å². The van der Waals surface area contributed by atoms with Crippen LogP contribution in [0.15, 0.2) is 24.3 Å². The highest BCUT2D eigenvalue weighted by atomic mass is 16.6. The number of esters is 3. The van der Waals surface area contributed by atoms with Crippen molar-refractivity contribution in [1.82, 2.24) is 4.90 Å². The number of ether oxygens (including phenoxy) is 8. The Labute approximate surface area is 293 Å². The summed E-state index contributed by atoms with van der Waals surface area (Å²) in [6.45, 7) is 6.38. The first kappa shape index (κ1) is 35.6. The number of carbonyl (C=O) groups is 3. The molecule has 6 aliphatic rings. The number of nitrogens with zero attached hydrogens (tertiary/aromatic N) is 1. The fraction of sp³-hybridized carbons (Fsp3) is 0.757. The molecule has 14 atom stereocenters. The Balaban J connectivity index is 1.48. The van der Waals surface area contributed by atoms with Gasteiger partial charge >= 0.3 is 17.9 Å². The second kappa shape index (κ2) is 12.4. The van der Waals surface area contributed by atoms with E-state index in [1.165, 1.54) is 21.0 Å². The molecule has 7 bridgehead atoms. The molecule has 1 N–H and O–H groups in total. The van der Waals surface area contributed by atoms with Gasteiger partial charge in [0.05, 0.1) is 37.6 Å². The number of methoxy groups -OCH3 is 5. The van der Waals surface area contributed by atoms with Gasteiger partial charge in [0, 0.05) is 96.3 Å². The van der Waals surface area contributed by atoms with Crippen LogP contribution in [0, 0.1) is 34.5 Å². The second-order valence-corrected chi connectivity index (χ2v) is 15.3. The van der Waals surface area contributed by atoms with Crippen LogP contribution in [0.3, 0.4) is 0 Å². The van der Waals surface area contributed by atoms with Crippen LogP contribution in [-0.4, -0.2) is 131 Å². The van der Waals surface area contributed by atoms with E-state index in [9.17, 15) is 19.5 Å². The van der Waals surface area contributed by atoms with Gasteiger partial charge < -0.3 is 43.0 Å². The molecule has 1 aliphatic heterocycles. The summed E-state index contributed by atoms with van der Waals surface area (Å²) in [7, 11) is 8.09. The van der Waals surface area contributed by atoms with Crippen molar-refractivity contribution in [1.29, 1.82) is 0 Å². The monoisotopic (exact) mass is 701 g/mol. The van der Waals surface area contributed by atoms with E-state index >= 15 is 0 Å². The summed E-state index contributed by atoms with van der Waals surface area (Å²) in [6, 6.07) is 6.38. The summed E-state index contributed by atoms with van der Waals surface area (Å²) in [5.41, 5.74) is -4.02. The molecular formula is C37H51NO12. The van der Waals surface area contributed by atoms with Gasteiger partial charge in [0.1, 0.15) is 29.2 Å². The Morgan fingerprint density at radius 2 is 1.58 bits per heavy atom. The molecule has 276 valence electrons. The SMILES string of the molecule is CCN1C[C@]2(COC)C(OC(C)=O)C[C@H](OC)[C@@]34[C@@H]5C[C@@]6(O)[C@@H](OC)C[C@@](OC(C)=O)([C@H]5[C@H]6OC(=O)c5ccc(OC)cc5)[C@@H]([C@H](OC)[C@H]23)[C@@H]14. The smallest absolute Gasteiger partial charge is 0.338 e. The van der Waals surface area contributed by atoms with Gasteiger partial charge in [-0.1, -0.05) is 6.92 Å². The average Bonchev–Trinajstić information content (AvgIpc) is 3.46. The third-order valence-electron chi connectivity index (χ3n) is 13.7. The van der Waals surface area contributed by atoms with Gasteiger partial charge in [-0.2, -0.15) is 0 Å². The number of carbonyl (C=O) groups excluding carboxylic acids is 3. The van der Waals surface area contributed by atoms with Crippen LogP contribution >= 0.6 is 0 Å². The Morgan fingerprint density at radius 1 is 0.880 bits per heavy atom. The van der Waals surface area contributed by atoms with E-state index in [1.807, 2.05) is 0 Å². The third-order valence-corrected chi connectivity index (χ3v) is 13.7. The minimum Gasteiger partial charge on any atom is -0.497 e. The molecule has 1 unspecified atom stereocenters. The summed E-state index contributed by atoms with van der Waals surface area (Å²) >= 11 is 0. The largest absolute Gasteiger partial charge is 0.497 e. The zero-order chi connectivity index (χ0) is 36.0. The molecule has 5 saturated carbocycles. The highest BCUT2D eigenvalue weighted by molar-refractivity contribution is 5.89. The quantitative estimate of drug-likeness (QED) is 0.266. The van der Waals surface area contributed by atoms with Crippen molar-refractivity contribution in [2.75, 3.05) is 55.2 Å². The van der Waals surface area contributed by atoms with Crippen LogP contribution in [0.25, 0.3) is 0 Å².